The van der Waals surface area contributed by atoms with Crippen LogP contribution in [0.1, 0.15) is 43.9 Å². The summed E-state index contributed by atoms with van der Waals surface area (Å²) in [6, 6.07) is 10.7. The van der Waals surface area contributed by atoms with Crippen LogP contribution in [0.25, 0.3) is 11.0 Å². The molecule has 1 fully saturated rings. The highest BCUT2D eigenvalue weighted by Crippen LogP contribution is 2.32. The molecule has 1 saturated heterocycles. The second-order valence-corrected chi connectivity index (χ2v) is 10.8. The van der Waals surface area contributed by atoms with Gasteiger partial charge in [-0.3, -0.25) is 0 Å². The lowest BCUT2D eigenvalue weighted by molar-refractivity contribution is 0.477. The molecule has 3 aromatic rings. The Morgan fingerprint density at radius 3 is 2.60 bits per heavy atom. The van der Waals surface area contributed by atoms with E-state index in [4.69, 9.17) is 4.98 Å². The van der Waals surface area contributed by atoms with Crippen molar-refractivity contribution in [2.75, 3.05) is 13.1 Å². The zero-order valence-electron chi connectivity index (χ0n) is 17.4. The molecule has 1 aromatic heterocycles. The summed E-state index contributed by atoms with van der Waals surface area (Å²) in [5.74, 6) is 0.277. The van der Waals surface area contributed by atoms with Crippen LogP contribution in [0, 0.1) is 12.7 Å². The van der Waals surface area contributed by atoms with E-state index < -0.39 is 10.0 Å². The first kappa shape index (κ1) is 21.3. The number of halogens is 1. The quantitative estimate of drug-likeness (QED) is 0.491. The van der Waals surface area contributed by atoms with E-state index in [2.05, 4.69) is 18.4 Å². The van der Waals surface area contributed by atoms with Crippen LogP contribution in [0.3, 0.4) is 0 Å². The molecule has 0 unspecified atom stereocenters. The third kappa shape index (κ3) is 3.88. The number of aromatic nitrogens is 2. The van der Waals surface area contributed by atoms with Gasteiger partial charge in [0, 0.05) is 24.9 Å². The molecule has 0 saturated carbocycles. The Kier molecular flexibility index (Phi) is 5.92. The minimum atomic E-state index is -3.49. The molecule has 2 aromatic carbocycles. The normalized spacial score (nSPS) is 15.5. The van der Waals surface area contributed by atoms with Crippen LogP contribution in [0.4, 0.5) is 4.39 Å². The standard InChI is InChI=1S/C22H26FN3O2S2/c1-15(2)26-20-10-9-18(30(27,28)25-11-4-5-12-25)13-19(20)24-22(26)29-14-17-8-6-7-16(3)21(17)23/h6-10,13,15H,4-5,11-12,14H2,1-3H3. The predicted molar refractivity (Wildman–Crippen MR) is 119 cm³/mol. The van der Waals surface area contributed by atoms with Crippen molar-refractivity contribution < 1.29 is 12.8 Å². The number of fused-ring (bicyclic) bond motifs is 1. The van der Waals surface area contributed by atoms with Gasteiger partial charge in [0.25, 0.3) is 0 Å². The molecule has 0 bridgehead atoms. The molecule has 0 spiro atoms. The van der Waals surface area contributed by atoms with Gasteiger partial charge in [0.05, 0.1) is 15.9 Å². The first-order chi connectivity index (χ1) is 14.3. The molecule has 30 heavy (non-hydrogen) atoms. The summed E-state index contributed by atoms with van der Waals surface area (Å²) in [7, 11) is -3.49. The van der Waals surface area contributed by atoms with Gasteiger partial charge in [0.15, 0.2) is 5.16 Å². The lowest BCUT2D eigenvalue weighted by atomic mass is 10.1. The Morgan fingerprint density at radius 2 is 1.90 bits per heavy atom. The molecule has 160 valence electrons. The average Bonchev–Trinajstić information content (AvgIpc) is 3.36. The summed E-state index contributed by atoms with van der Waals surface area (Å²) in [6.45, 7) is 7.03. The van der Waals surface area contributed by atoms with E-state index >= 15 is 0 Å². The van der Waals surface area contributed by atoms with Crippen molar-refractivity contribution >= 4 is 32.8 Å². The van der Waals surface area contributed by atoms with E-state index in [1.165, 1.54) is 11.8 Å². The van der Waals surface area contributed by atoms with E-state index in [9.17, 15) is 12.8 Å². The first-order valence-electron chi connectivity index (χ1n) is 10.2. The number of hydrogen-bond acceptors (Lipinski definition) is 4. The van der Waals surface area contributed by atoms with Crippen molar-refractivity contribution in [1.82, 2.24) is 13.9 Å². The maximum Gasteiger partial charge on any atom is 0.243 e. The summed E-state index contributed by atoms with van der Waals surface area (Å²) in [6.07, 6.45) is 1.81. The summed E-state index contributed by atoms with van der Waals surface area (Å²) >= 11 is 1.47. The van der Waals surface area contributed by atoms with Gasteiger partial charge in [-0.25, -0.2) is 17.8 Å². The van der Waals surface area contributed by atoms with E-state index in [1.807, 2.05) is 12.1 Å². The van der Waals surface area contributed by atoms with Crippen LogP contribution in [-0.2, 0) is 15.8 Å². The fraction of sp³-hybridized carbons (Fsp3) is 0.409. The first-order valence-corrected chi connectivity index (χ1v) is 12.6. The predicted octanol–water partition coefficient (Wildman–Crippen LogP) is 5.14. The zero-order chi connectivity index (χ0) is 21.5. The number of rotatable bonds is 6. The second-order valence-electron chi connectivity index (χ2n) is 7.96. The smallest absolute Gasteiger partial charge is 0.243 e. The summed E-state index contributed by atoms with van der Waals surface area (Å²) < 4.78 is 43.9. The molecule has 0 aliphatic carbocycles. The number of hydrogen-bond donors (Lipinski definition) is 0. The van der Waals surface area contributed by atoms with Gasteiger partial charge >= 0.3 is 0 Å². The summed E-state index contributed by atoms with van der Waals surface area (Å²) in [5, 5.41) is 0.761. The van der Waals surface area contributed by atoms with Crippen molar-refractivity contribution in [3.63, 3.8) is 0 Å². The monoisotopic (exact) mass is 447 g/mol. The molecule has 0 radical (unpaired) electrons. The maximum atomic E-state index is 14.4. The van der Waals surface area contributed by atoms with Gasteiger partial charge in [-0.2, -0.15) is 4.31 Å². The molecule has 0 amide bonds. The summed E-state index contributed by atoms with van der Waals surface area (Å²) in [4.78, 5) is 5.01. The van der Waals surface area contributed by atoms with Gasteiger partial charge in [-0.15, -0.1) is 0 Å². The molecule has 0 atom stereocenters. The van der Waals surface area contributed by atoms with Gasteiger partial charge in [0.2, 0.25) is 10.0 Å². The molecule has 1 aliphatic heterocycles. The van der Waals surface area contributed by atoms with Crippen LogP contribution < -0.4 is 0 Å². The van der Waals surface area contributed by atoms with Crippen LogP contribution >= 0.6 is 11.8 Å². The fourth-order valence-corrected chi connectivity index (χ4v) is 6.51. The van der Waals surface area contributed by atoms with Crippen LogP contribution in [0.2, 0.25) is 0 Å². The molecule has 2 heterocycles. The molecular weight excluding hydrogens is 421 g/mol. The third-order valence-corrected chi connectivity index (χ3v) is 8.37. The van der Waals surface area contributed by atoms with Crippen LogP contribution in [0.5, 0.6) is 0 Å². The van der Waals surface area contributed by atoms with Gasteiger partial charge in [-0.1, -0.05) is 30.0 Å². The molecular formula is C22H26FN3O2S2. The molecule has 4 rings (SSSR count). The lowest BCUT2D eigenvalue weighted by Gasteiger charge is -2.16. The van der Waals surface area contributed by atoms with Crippen LogP contribution in [0.15, 0.2) is 46.5 Å². The zero-order valence-corrected chi connectivity index (χ0v) is 19.1. The number of nitrogens with zero attached hydrogens (tertiary/aromatic N) is 3. The number of benzene rings is 2. The van der Waals surface area contributed by atoms with E-state index in [0.717, 1.165) is 23.5 Å². The SMILES string of the molecule is Cc1cccc(CSc2nc3cc(S(=O)(=O)N4CCCC4)ccc3n2C(C)C)c1F. The molecule has 8 heteroatoms. The molecule has 0 N–H and O–H groups in total. The van der Waals surface area contributed by atoms with Crippen molar-refractivity contribution in [2.24, 2.45) is 0 Å². The minimum Gasteiger partial charge on any atom is -0.316 e. The second kappa shape index (κ2) is 8.32. The van der Waals surface area contributed by atoms with Crippen molar-refractivity contribution in [1.29, 1.82) is 0 Å². The Morgan fingerprint density at radius 1 is 1.17 bits per heavy atom. The van der Waals surface area contributed by atoms with Crippen molar-refractivity contribution in [2.45, 2.75) is 55.5 Å². The highest BCUT2D eigenvalue weighted by Gasteiger charge is 2.28. The van der Waals surface area contributed by atoms with Gasteiger partial charge in [0.1, 0.15) is 5.82 Å². The fourth-order valence-electron chi connectivity index (χ4n) is 3.86. The van der Waals surface area contributed by atoms with Crippen LogP contribution in [-0.4, -0.2) is 35.4 Å². The Balaban J connectivity index is 1.69. The highest BCUT2D eigenvalue weighted by atomic mass is 32.2. The molecule has 5 nitrogen and oxygen atoms in total. The van der Waals surface area contributed by atoms with E-state index in [1.54, 1.807) is 35.5 Å². The Labute approximate surface area is 181 Å². The number of sulfonamides is 1. The largest absolute Gasteiger partial charge is 0.316 e. The maximum absolute atomic E-state index is 14.4. The number of thioether (sulfide) groups is 1. The lowest BCUT2D eigenvalue weighted by Crippen LogP contribution is -2.27. The summed E-state index contributed by atoms with van der Waals surface area (Å²) in [5.41, 5.74) is 2.80. The van der Waals surface area contributed by atoms with Crippen molar-refractivity contribution in [3.8, 4) is 0 Å². The highest BCUT2D eigenvalue weighted by molar-refractivity contribution is 7.98. The van der Waals surface area contributed by atoms with Gasteiger partial charge < -0.3 is 4.57 Å². The number of imidazole rings is 1. The van der Waals surface area contributed by atoms with E-state index in [-0.39, 0.29) is 16.8 Å². The van der Waals surface area contributed by atoms with E-state index in [0.29, 0.717) is 35.5 Å². The minimum absolute atomic E-state index is 0.140. The van der Waals surface area contributed by atoms with Gasteiger partial charge in [-0.05, 0) is 62.9 Å². The average molecular weight is 448 g/mol. The Bertz CT molecular complexity index is 1180. The van der Waals surface area contributed by atoms with Crippen molar-refractivity contribution in [3.05, 3.63) is 53.3 Å². The number of aryl methyl sites for hydroxylation is 1. The molecule has 1 aliphatic rings. The topological polar surface area (TPSA) is 55.2 Å². The third-order valence-electron chi connectivity index (χ3n) is 5.48. The Hall–Kier alpha value is -1.90.